The van der Waals surface area contributed by atoms with E-state index >= 15 is 0 Å². The Morgan fingerprint density at radius 1 is 1.43 bits per heavy atom. The molecule has 0 bridgehead atoms. The number of carbonyl (C=O) groups excluding carboxylic acids is 1. The molecule has 23 heavy (non-hydrogen) atoms. The number of nitrogens with zero attached hydrogens (tertiary/aromatic N) is 3. The molecule has 1 aliphatic heterocycles. The van der Waals surface area contributed by atoms with Gasteiger partial charge in [0.25, 0.3) is 0 Å². The first kappa shape index (κ1) is 18.0. The Kier molecular flexibility index (Phi) is 6.63. The van der Waals surface area contributed by atoms with Crippen molar-refractivity contribution in [2.45, 2.75) is 58.9 Å². The summed E-state index contributed by atoms with van der Waals surface area (Å²) in [6.07, 6.45) is 5.88. The Morgan fingerprint density at radius 2 is 2.13 bits per heavy atom. The maximum absolute atomic E-state index is 12.2. The van der Waals surface area contributed by atoms with Crippen LogP contribution in [-0.2, 0) is 11.3 Å². The number of aromatic amines is 1. The van der Waals surface area contributed by atoms with Crippen molar-refractivity contribution in [1.29, 1.82) is 0 Å². The van der Waals surface area contributed by atoms with Crippen LogP contribution >= 0.6 is 0 Å². The molecule has 0 aromatic carbocycles. The molecule has 130 valence electrons. The van der Waals surface area contributed by atoms with Gasteiger partial charge in [0.05, 0.1) is 6.20 Å². The van der Waals surface area contributed by atoms with Gasteiger partial charge in [0.15, 0.2) is 0 Å². The summed E-state index contributed by atoms with van der Waals surface area (Å²) in [5, 5.41) is 7.49. The predicted octanol–water partition coefficient (Wildman–Crippen LogP) is 3.00. The SMILES string of the molecule is CCCN(C)Cc1cn[nH]c1C1CCN(C(=O)CC(C)C)CC1. The largest absolute Gasteiger partial charge is 0.343 e. The molecule has 2 rings (SSSR count). The Morgan fingerprint density at radius 3 is 2.74 bits per heavy atom. The molecule has 0 saturated carbocycles. The molecule has 1 amide bonds. The highest BCUT2D eigenvalue weighted by Crippen LogP contribution is 2.29. The van der Waals surface area contributed by atoms with Crippen molar-refractivity contribution in [3.63, 3.8) is 0 Å². The molecule has 0 unspecified atom stereocenters. The number of rotatable bonds is 7. The average Bonchev–Trinajstić information content (AvgIpc) is 2.95. The van der Waals surface area contributed by atoms with Gasteiger partial charge in [0.2, 0.25) is 5.91 Å². The summed E-state index contributed by atoms with van der Waals surface area (Å²) in [6.45, 7) is 10.2. The van der Waals surface area contributed by atoms with Crippen LogP contribution in [0.3, 0.4) is 0 Å². The fraction of sp³-hybridized carbons (Fsp3) is 0.778. The van der Waals surface area contributed by atoms with E-state index < -0.39 is 0 Å². The molecule has 0 atom stereocenters. The standard InChI is InChI=1S/C18H32N4O/c1-5-8-21(4)13-16-12-19-20-18(16)15-6-9-22(10-7-15)17(23)11-14(2)3/h12,14-15H,5-11,13H2,1-4H3,(H,19,20). The molecule has 1 N–H and O–H groups in total. The zero-order valence-electron chi connectivity index (χ0n) is 15.1. The van der Waals surface area contributed by atoms with E-state index in [1.807, 2.05) is 11.1 Å². The van der Waals surface area contributed by atoms with Gasteiger partial charge < -0.3 is 9.80 Å². The maximum Gasteiger partial charge on any atom is 0.222 e. The van der Waals surface area contributed by atoms with Crippen molar-refractivity contribution >= 4 is 5.91 Å². The van der Waals surface area contributed by atoms with Crippen LogP contribution in [0.2, 0.25) is 0 Å². The zero-order valence-corrected chi connectivity index (χ0v) is 15.1. The fourth-order valence-corrected chi connectivity index (χ4v) is 3.45. The number of amides is 1. The Bertz CT molecular complexity index is 489. The van der Waals surface area contributed by atoms with Crippen molar-refractivity contribution in [3.8, 4) is 0 Å². The summed E-state index contributed by atoms with van der Waals surface area (Å²) in [6, 6.07) is 0. The van der Waals surface area contributed by atoms with Crippen LogP contribution < -0.4 is 0 Å². The van der Waals surface area contributed by atoms with Gasteiger partial charge in [-0.3, -0.25) is 9.89 Å². The van der Waals surface area contributed by atoms with Crippen molar-refractivity contribution in [1.82, 2.24) is 20.0 Å². The van der Waals surface area contributed by atoms with Gasteiger partial charge >= 0.3 is 0 Å². The minimum absolute atomic E-state index is 0.311. The predicted molar refractivity (Wildman–Crippen MR) is 93.2 cm³/mol. The molecular weight excluding hydrogens is 288 g/mol. The monoisotopic (exact) mass is 320 g/mol. The molecule has 5 heteroatoms. The van der Waals surface area contributed by atoms with Gasteiger partial charge in [-0.25, -0.2) is 0 Å². The quantitative estimate of drug-likeness (QED) is 0.840. The molecular formula is C18H32N4O. The minimum Gasteiger partial charge on any atom is -0.343 e. The molecule has 0 spiro atoms. The van der Waals surface area contributed by atoms with Gasteiger partial charge in [-0.15, -0.1) is 0 Å². The minimum atomic E-state index is 0.311. The first-order valence-corrected chi connectivity index (χ1v) is 8.99. The van der Waals surface area contributed by atoms with E-state index in [9.17, 15) is 4.79 Å². The smallest absolute Gasteiger partial charge is 0.222 e. The van der Waals surface area contributed by atoms with Crippen molar-refractivity contribution in [3.05, 3.63) is 17.5 Å². The summed E-state index contributed by atoms with van der Waals surface area (Å²) in [5.74, 6) is 1.25. The molecule has 0 radical (unpaired) electrons. The summed E-state index contributed by atoms with van der Waals surface area (Å²) >= 11 is 0. The van der Waals surface area contributed by atoms with E-state index in [4.69, 9.17) is 0 Å². The Balaban J connectivity index is 1.90. The summed E-state index contributed by atoms with van der Waals surface area (Å²) in [5.41, 5.74) is 2.59. The van der Waals surface area contributed by atoms with Crippen LogP contribution in [-0.4, -0.2) is 52.6 Å². The van der Waals surface area contributed by atoms with E-state index in [0.29, 0.717) is 24.2 Å². The molecule has 1 fully saturated rings. The van der Waals surface area contributed by atoms with Gasteiger partial charge in [-0.05, 0) is 38.8 Å². The van der Waals surface area contributed by atoms with Crippen LogP contribution in [0.1, 0.15) is 63.6 Å². The van der Waals surface area contributed by atoms with Crippen LogP contribution in [0.15, 0.2) is 6.20 Å². The molecule has 1 aliphatic rings. The first-order valence-electron chi connectivity index (χ1n) is 8.99. The molecule has 1 saturated heterocycles. The molecule has 5 nitrogen and oxygen atoms in total. The van der Waals surface area contributed by atoms with Crippen molar-refractivity contribution < 1.29 is 4.79 Å². The number of carbonyl (C=O) groups is 1. The van der Waals surface area contributed by atoms with Gasteiger partial charge in [0.1, 0.15) is 0 Å². The lowest BCUT2D eigenvalue weighted by atomic mass is 9.91. The van der Waals surface area contributed by atoms with E-state index in [2.05, 4.69) is 42.9 Å². The number of likely N-dealkylation sites (tertiary alicyclic amines) is 1. The van der Waals surface area contributed by atoms with Crippen LogP contribution in [0.25, 0.3) is 0 Å². The van der Waals surface area contributed by atoms with Crippen LogP contribution in [0.4, 0.5) is 0 Å². The van der Waals surface area contributed by atoms with Gasteiger partial charge in [-0.2, -0.15) is 5.10 Å². The lowest BCUT2D eigenvalue weighted by molar-refractivity contribution is -0.133. The lowest BCUT2D eigenvalue weighted by Gasteiger charge is -2.32. The fourth-order valence-electron chi connectivity index (χ4n) is 3.45. The summed E-state index contributed by atoms with van der Waals surface area (Å²) in [7, 11) is 2.16. The van der Waals surface area contributed by atoms with Crippen molar-refractivity contribution in [2.75, 3.05) is 26.7 Å². The third kappa shape index (κ3) is 5.06. The normalized spacial score (nSPS) is 16.5. The average molecular weight is 320 g/mol. The molecule has 0 aliphatic carbocycles. The second-order valence-electron chi connectivity index (χ2n) is 7.30. The first-order chi connectivity index (χ1) is 11.0. The number of piperidine rings is 1. The van der Waals surface area contributed by atoms with Crippen molar-refractivity contribution in [2.24, 2.45) is 5.92 Å². The lowest BCUT2D eigenvalue weighted by Crippen LogP contribution is -2.38. The van der Waals surface area contributed by atoms with Gasteiger partial charge in [-0.1, -0.05) is 20.8 Å². The number of H-pyrrole nitrogens is 1. The van der Waals surface area contributed by atoms with Crippen LogP contribution in [0, 0.1) is 5.92 Å². The topological polar surface area (TPSA) is 52.2 Å². The van der Waals surface area contributed by atoms with Gasteiger partial charge in [0, 0.05) is 43.2 Å². The Labute approximate surface area is 140 Å². The second-order valence-corrected chi connectivity index (χ2v) is 7.30. The highest BCUT2D eigenvalue weighted by Gasteiger charge is 2.26. The number of nitrogens with one attached hydrogen (secondary N) is 1. The van der Waals surface area contributed by atoms with E-state index in [1.54, 1.807) is 0 Å². The third-order valence-electron chi connectivity index (χ3n) is 4.64. The van der Waals surface area contributed by atoms with E-state index in [0.717, 1.165) is 39.0 Å². The summed E-state index contributed by atoms with van der Waals surface area (Å²) in [4.78, 5) is 16.6. The zero-order chi connectivity index (χ0) is 16.8. The van der Waals surface area contributed by atoms with E-state index in [1.165, 1.54) is 17.7 Å². The number of hydrogen-bond acceptors (Lipinski definition) is 3. The molecule has 1 aromatic rings. The van der Waals surface area contributed by atoms with E-state index in [-0.39, 0.29) is 0 Å². The number of aromatic nitrogens is 2. The second kappa shape index (κ2) is 8.48. The maximum atomic E-state index is 12.2. The van der Waals surface area contributed by atoms with Crippen LogP contribution in [0.5, 0.6) is 0 Å². The third-order valence-corrected chi connectivity index (χ3v) is 4.64. The summed E-state index contributed by atoms with van der Waals surface area (Å²) < 4.78 is 0. The molecule has 2 heterocycles. The Hall–Kier alpha value is -1.36. The number of hydrogen-bond donors (Lipinski definition) is 1. The molecule has 1 aromatic heterocycles. The highest BCUT2D eigenvalue weighted by molar-refractivity contribution is 5.76. The highest BCUT2D eigenvalue weighted by atomic mass is 16.2.